The van der Waals surface area contributed by atoms with Crippen LogP contribution in [0.1, 0.15) is 6.42 Å². The number of halogens is 1. The summed E-state index contributed by atoms with van der Waals surface area (Å²) in [5, 5.41) is 8.99. The van der Waals surface area contributed by atoms with E-state index in [1.54, 1.807) is 12.1 Å². The third-order valence-corrected chi connectivity index (χ3v) is 4.07. The lowest BCUT2D eigenvalue weighted by molar-refractivity contribution is -0.141. The van der Waals surface area contributed by atoms with Crippen molar-refractivity contribution in [3.05, 3.63) is 24.0 Å². The van der Waals surface area contributed by atoms with E-state index in [-0.39, 0.29) is 18.9 Å². The van der Waals surface area contributed by atoms with Gasteiger partial charge in [0.25, 0.3) is 0 Å². The van der Waals surface area contributed by atoms with Crippen LogP contribution in [0.3, 0.4) is 0 Å². The Morgan fingerprint density at radius 3 is 2.64 bits per heavy atom. The number of carboxylic acids is 1. The van der Waals surface area contributed by atoms with Gasteiger partial charge in [-0.25, -0.2) is 4.39 Å². The Balaban J connectivity index is 1.80. The number of amides is 1. The molecule has 7 heteroatoms. The molecule has 2 heterocycles. The van der Waals surface area contributed by atoms with Crippen LogP contribution in [-0.4, -0.2) is 49.8 Å². The molecule has 1 atom stereocenters. The summed E-state index contributed by atoms with van der Waals surface area (Å²) in [6.07, 6.45) is -0.0395. The Bertz CT molecular complexity index is 601. The molecular formula is C15H17FN2O4. The minimum absolute atomic E-state index is 0.0395. The van der Waals surface area contributed by atoms with Gasteiger partial charge in [0.2, 0.25) is 5.91 Å². The zero-order valence-electron chi connectivity index (χ0n) is 12.0. The highest BCUT2D eigenvalue weighted by Gasteiger charge is 2.35. The third-order valence-electron chi connectivity index (χ3n) is 4.07. The number of rotatable bonds is 3. The van der Waals surface area contributed by atoms with Crippen LogP contribution in [0.5, 0.6) is 0 Å². The first-order valence-corrected chi connectivity index (χ1v) is 7.21. The van der Waals surface area contributed by atoms with Gasteiger partial charge in [0.1, 0.15) is 5.82 Å². The molecule has 0 spiro atoms. The van der Waals surface area contributed by atoms with Crippen molar-refractivity contribution in [2.45, 2.75) is 6.42 Å². The fraction of sp³-hybridized carbons (Fsp3) is 0.467. The quantitative estimate of drug-likeness (QED) is 0.905. The number of aliphatic carboxylic acids is 1. The van der Waals surface area contributed by atoms with E-state index in [0.29, 0.717) is 37.7 Å². The Hall–Kier alpha value is -2.15. The van der Waals surface area contributed by atoms with Gasteiger partial charge in [-0.1, -0.05) is 0 Å². The van der Waals surface area contributed by atoms with Gasteiger partial charge in [0.15, 0.2) is 0 Å². The minimum Gasteiger partial charge on any atom is -0.481 e. The van der Waals surface area contributed by atoms with E-state index in [2.05, 4.69) is 0 Å². The van der Waals surface area contributed by atoms with E-state index in [0.717, 1.165) is 0 Å². The van der Waals surface area contributed by atoms with E-state index < -0.39 is 17.7 Å². The van der Waals surface area contributed by atoms with Crippen molar-refractivity contribution in [1.82, 2.24) is 0 Å². The summed E-state index contributed by atoms with van der Waals surface area (Å²) in [5.74, 6) is -2.42. The second kappa shape index (κ2) is 5.92. The highest BCUT2D eigenvalue weighted by atomic mass is 19.1. The van der Waals surface area contributed by atoms with Gasteiger partial charge in [-0.05, 0) is 18.2 Å². The lowest BCUT2D eigenvalue weighted by atomic mass is 10.1. The lowest BCUT2D eigenvalue weighted by Gasteiger charge is -2.29. The fourth-order valence-electron chi connectivity index (χ4n) is 2.85. The Kier molecular flexibility index (Phi) is 3.98. The number of anilines is 2. The van der Waals surface area contributed by atoms with Gasteiger partial charge in [-0.15, -0.1) is 0 Å². The number of hydrogen-bond donors (Lipinski definition) is 1. The number of benzene rings is 1. The van der Waals surface area contributed by atoms with Crippen LogP contribution in [0.25, 0.3) is 0 Å². The molecule has 6 nitrogen and oxygen atoms in total. The maximum absolute atomic E-state index is 14.3. The molecule has 1 amide bonds. The molecule has 0 aliphatic carbocycles. The van der Waals surface area contributed by atoms with E-state index in [4.69, 9.17) is 9.84 Å². The van der Waals surface area contributed by atoms with Crippen LogP contribution >= 0.6 is 0 Å². The Labute approximate surface area is 127 Å². The molecule has 1 aromatic rings. The summed E-state index contributed by atoms with van der Waals surface area (Å²) in [6.45, 7) is 2.46. The summed E-state index contributed by atoms with van der Waals surface area (Å²) in [7, 11) is 0. The van der Waals surface area contributed by atoms with E-state index in [9.17, 15) is 14.0 Å². The van der Waals surface area contributed by atoms with Crippen molar-refractivity contribution in [1.29, 1.82) is 0 Å². The second-order valence-corrected chi connectivity index (χ2v) is 5.48. The summed E-state index contributed by atoms with van der Waals surface area (Å²) >= 11 is 0. The largest absolute Gasteiger partial charge is 0.481 e. The van der Waals surface area contributed by atoms with Gasteiger partial charge in [0, 0.05) is 31.7 Å². The van der Waals surface area contributed by atoms with Gasteiger partial charge in [-0.3, -0.25) is 9.59 Å². The molecule has 2 aliphatic heterocycles. The zero-order valence-corrected chi connectivity index (χ0v) is 12.0. The van der Waals surface area contributed by atoms with Crippen molar-refractivity contribution in [2.24, 2.45) is 5.92 Å². The maximum atomic E-state index is 14.3. The molecule has 118 valence electrons. The molecule has 0 saturated carbocycles. The van der Waals surface area contributed by atoms with Gasteiger partial charge >= 0.3 is 5.97 Å². The molecule has 0 aromatic heterocycles. The van der Waals surface area contributed by atoms with Crippen molar-refractivity contribution in [3.8, 4) is 0 Å². The number of carbonyl (C=O) groups excluding carboxylic acids is 1. The van der Waals surface area contributed by atoms with Crippen LogP contribution in [0, 0.1) is 11.7 Å². The van der Waals surface area contributed by atoms with Gasteiger partial charge < -0.3 is 19.6 Å². The monoisotopic (exact) mass is 308 g/mol. The smallest absolute Gasteiger partial charge is 0.308 e. The fourth-order valence-corrected chi connectivity index (χ4v) is 2.85. The van der Waals surface area contributed by atoms with Crippen LogP contribution in [-0.2, 0) is 14.3 Å². The van der Waals surface area contributed by atoms with Gasteiger partial charge in [-0.2, -0.15) is 0 Å². The summed E-state index contributed by atoms with van der Waals surface area (Å²) in [6, 6.07) is 4.60. The second-order valence-electron chi connectivity index (χ2n) is 5.48. The maximum Gasteiger partial charge on any atom is 0.308 e. The number of carbonyl (C=O) groups is 2. The molecule has 0 bridgehead atoms. The average molecular weight is 308 g/mol. The van der Waals surface area contributed by atoms with Crippen molar-refractivity contribution < 1.29 is 23.8 Å². The van der Waals surface area contributed by atoms with Crippen LogP contribution in [0.15, 0.2) is 18.2 Å². The molecule has 1 unspecified atom stereocenters. The van der Waals surface area contributed by atoms with E-state index in [1.165, 1.54) is 11.0 Å². The molecule has 1 N–H and O–H groups in total. The molecule has 0 radical (unpaired) electrons. The third kappa shape index (κ3) is 2.76. The standard InChI is InChI=1S/C15H17FN2O4/c16-12-8-11(18-9-10(15(20)21)7-14(18)19)1-2-13(12)17-3-5-22-6-4-17/h1-2,8,10H,3-7,9H2,(H,20,21). The molecule has 2 fully saturated rings. The first-order chi connectivity index (χ1) is 10.6. The summed E-state index contributed by atoms with van der Waals surface area (Å²) < 4.78 is 19.6. The Morgan fingerprint density at radius 2 is 2.05 bits per heavy atom. The molecule has 22 heavy (non-hydrogen) atoms. The van der Waals surface area contributed by atoms with Crippen LogP contribution in [0.4, 0.5) is 15.8 Å². The van der Waals surface area contributed by atoms with Crippen LogP contribution < -0.4 is 9.80 Å². The molecular weight excluding hydrogens is 291 g/mol. The van der Waals surface area contributed by atoms with Crippen LogP contribution in [0.2, 0.25) is 0 Å². The summed E-state index contributed by atoms with van der Waals surface area (Å²) in [5.41, 5.74) is 0.886. The minimum atomic E-state index is -0.999. The predicted octanol–water partition coefficient (Wildman–Crippen LogP) is 1.10. The number of nitrogens with zero attached hydrogens (tertiary/aromatic N) is 2. The number of hydrogen-bond acceptors (Lipinski definition) is 4. The first-order valence-electron chi connectivity index (χ1n) is 7.21. The predicted molar refractivity (Wildman–Crippen MR) is 77.5 cm³/mol. The summed E-state index contributed by atoms with van der Waals surface area (Å²) in [4.78, 5) is 26.1. The first kappa shape index (κ1) is 14.8. The number of carboxylic acid groups (broad SMARTS) is 1. The Morgan fingerprint density at radius 1 is 1.32 bits per heavy atom. The highest BCUT2D eigenvalue weighted by Crippen LogP contribution is 2.29. The normalized spacial score (nSPS) is 22.2. The van der Waals surface area contributed by atoms with Crippen molar-refractivity contribution >= 4 is 23.3 Å². The number of morpholine rings is 1. The highest BCUT2D eigenvalue weighted by molar-refractivity contribution is 5.99. The molecule has 2 aliphatic rings. The average Bonchev–Trinajstić information content (AvgIpc) is 2.90. The molecule has 2 saturated heterocycles. The molecule has 1 aromatic carbocycles. The van der Waals surface area contributed by atoms with E-state index in [1.807, 2.05) is 4.90 Å². The zero-order chi connectivity index (χ0) is 15.7. The number of ether oxygens (including phenoxy) is 1. The SMILES string of the molecule is O=C(O)C1CC(=O)N(c2ccc(N3CCOCC3)c(F)c2)C1. The molecule has 3 rings (SSSR count). The van der Waals surface area contributed by atoms with Crippen molar-refractivity contribution in [3.63, 3.8) is 0 Å². The van der Waals surface area contributed by atoms with Crippen molar-refractivity contribution in [2.75, 3.05) is 42.6 Å². The van der Waals surface area contributed by atoms with Gasteiger partial charge in [0.05, 0.1) is 24.8 Å². The topological polar surface area (TPSA) is 70.1 Å². The lowest BCUT2D eigenvalue weighted by Crippen LogP contribution is -2.36. The van der Waals surface area contributed by atoms with E-state index >= 15 is 0 Å².